The summed E-state index contributed by atoms with van der Waals surface area (Å²) in [6, 6.07) is 18.3. The highest BCUT2D eigenvalue weighted by Crippen LogP contribution is 2.30. The molecule has 4 aromatic heterocycles. The summed E-state index contributed by atoms with van der Waals surface area (Å²) in [7, 11) is 0. The third-order valence-electron chi connectivity index (χ3n) is 5.88. The van der Waals surface area contributed by atoms with E-state index in [1.54, 1.807) is 16.0 Å². The minimum absolute atomic E-state index is 0.0130. The molecule has 0 aliphatic carbocycles. The van der Waals surface area contributed by atoms with E-state index in [2.05, 4.69) is 51.9 Å². The number of hydrogen-bond donors (Lipinski definition) is 0. The fourth-order valence-corrected chi connectivity index (χ4v) is 5.06. The van der Waals surface area contributed by atoms with Crippen molar-refractivity contribution in [2.75, 3.05) is 6.61 Å². The van der Waals surface area contributed by atoms with E-state index in [4.69, 9.17) is 4.74 Å². The summed E-state index contributed by atoms with van der Waals surface area (Å²) in [6.07, 6.45) is 8.09. The largest absolute Gasteiger partial charge is 0.494 e. The number of thiophene rings is 1. The van der Waals surface area contributed by atoms with Crippen molar-refractivity contribution in [2.24, 2.45) is 0 Å². The zero-order valence-corrected chi connectivity index (χ0v) is 20.1. The number of nitrogens with zero attached hydrogens (tertiary/aromatic N) is 4. The van der Waals surface area contributed by atoms with Crippen molar-refractivity contribution >= 4 is 21.4 Å². The van der Waals surface area contributed by atoms with Crippen molar-refractivity contribution in [3.8, 4) is 17.0 Å². The van der Waals surface area contributed by atoms with Gasteiger partial charge in [0.05, 0.1) is 23.2 Å². The highest BCUT2D eigenvalue weighted by atomic mass is 32.1. The lowest BCUT2D eigenvalue weighted by Gasteiger charge is -2.12. The summed E-state index contributed by atoms with van der Waals surface area (Å²) in [6.45, 7) is 5.11. The highest BCUT2D eigenvalue weighted by Gasteiger charge is 2.13. The maximum atomic E-state index is 12.6. The topological polar surface area (TPSA) is 54.0 Å². The van der Waals surface area contributed by atoms with E-state index in [1.165, 1.54) is 5.69 Å². The second kappa shape index (κ2) is 10.1. The smallest absolute Gasteiger partial charge is 0.275 e. The predicted octanol–water partition coefficient (Wildman–Crippen LogP) is 5.66. The summed E-state index contributed by atoms with van der Waals surface area (Å²) in [5, 5.41) is 7.37. The molecule has 1 aromatic carbocycles. The summed E-state index contributed by atoms with van der Waals surface area (Å²) in [4.78, 5) is 12.6. The minimum Gasteiger partial charge on any atom is -0.494 e. The molecule has 0 spiro atoms. The van der Waals surface area contributed by atoms with Crippen LogP contribution in [0, 0.1) is 0 Å². The Morgan fingerprint density at radius 3 is 2.59 bits per heavy atom. The Hall–Kier alpha value is -3.58. The van der Waals surface area contributed by atoms with Gasteiger partial charge in [0, 0.05) is 42.9 Å². The Bertz CT molecular complexity index is 1410. The third-order valence-corrected chi connectivity index (χ3v) is 6.80. The maximum absolute atomic E-state index is 12.6. The van der Waals surface area contributed by atoms with E-state index >= 15 is 0 Å². The van der Waals surface area contributed by atoms with Gasteiger partial charge >= 0.3 is 0 Å². The van der Waals surface area contributed by atoms with E-state index in [9.17, 15) is 4.79 Å². The monoisotopic (exact) mass is 472 g/mol. The number of fused-ring (bicyclic) bond motifs is 1. The average Bonchev–Trinajstić information content (AvgIpc) is 3.62. The molecule has 7 heteroatoms. The van der Waals surface area contributed by atoms with Gasteiger partial charge in [0.25, 0.3) is 5.56 Å². The molecule has 0 fully saturated rings. The Balaban J connectivity index is 1.22. The molecule has 0 bridgehead atoms. The number of ether oxygens (including phenoxy) is 1. The van der Waals surface area contributed by atoms with Crippen molar-refractivity contribution < 1.29 is 4.74 Å². The van der Waals surface area contributed by atoms with Crippen LogP contribution < -0.4 is 10.3 Å². The Kier molecular flexibility index (Phi) is 6.62. The molecule has 0 aliphatic heterocycles. The predicted molar refractivity (Wildman–Crippen MR) is 138 cm³/mol. The van der Waals surface area contributed by atoms with Gasteiger partial charge in [-0.1, -0.05) is 6.92 Å². The third kappa shape index (κ3) is 4.70. The minimum atomic E-state index is -0.0130. The van der Waals surface area contributed by atoms with Crippen molar-refractivity contribution in [2.45, 2.75) is 39.4 Å². The molecule has 0 amide bonds. The van der Waals surface area contributed by atoms with Crippen LogP contribution in [-0.2, 0) is 19.6 Å². The van der Waals surface area contributed by atoms with E-state index in [-0.39, 0.29) is 5.56 Å². The number of benzene rings is 1. The van der Waals surface area contributed by atoms with Gasteiger partial charge in [0.2, 0.25) is 0 Å². The highest BCUT2D eigenvalue weighted by molar-refractivity contribution is 7.17. The molecule has 0 saturated heterocycles. The second-order valence-electron chi connectivity index (χ2n) is 8.31. The first-order valence-corrected chi connectivity index (χ1v) is 12.6. The van der Waals surface area contributed by atoms with Crippen LogP contribution in [0.4, 0.5) is 0 Å². The van der Waals surface area contributed by atoms with E-state index in [0.717, 1.165) is 53.0 Å². The molecule has 34 heavy (non-hydrogen) atoms. The summed E-state index contributed by atoms with van der Waals surface area (Å²) >= 11 is 1.56. The average molecular weight is 473 g/mol. The summed E-state index contributed by atoms with van der Waals surface area (Å²) in [5.41, 5.74) is 3.12. The zero-order valence-electron chi connectivity index (χ0n) is 19.3. The van der Waals surface area contributed by atoms with Gasteiger partial charge in [0.15, 0.2) is 0 Å². The quantitative estimate of drug-likeness (QED) is 0.247. The fraction of sp³-hybridized carbons (Fsp3) is 0.259. The molecule has 0 aliphatic rings. The van der Waals surface area contributed by atoms with Gasteiger partial charge in [-0.25, -0.2) is 4.68 Å². The molecule has 5 aromatic rings. The molecule has 5 rings (SSSR count). The Labute approximate surface area is 202 Å². The van der Waals surface area contributed by atoms with Crippen LogP contribution in [0.1, 0.15) is 25.5 Å². The molecular formula is C27H28N4O2S. The maximum Gasteiger partial charge on any atom is 0.275 e. The lowest BCUT2D eigenvalue weighted by Crippen LogP contribution is -2.23. The molecular weight excluding hydrogens is 444 g/mol. The first-order chi connectivity index (χ1) is 16.7. The Morgan fingerprint density at radius 2 is 1.79 bits per heavy atom. The van der Waals surface area contributed by atoms with Crippen LogP contribution in [0.15, 0.2) is 83.4 Å². The van der Waals surface area contributed by atoms with Crippen LogP contribution in [0.3, 0.4) is 0 Å². The van der Waals surface area contributed by atoms with Crippen LogP contribution in [-0.4, -0.2) is 25.5 Å². The van der Waals surface area contributed by atoms with Crippen LogP contribution in [0.2, 0.25) is 0 Å². The standard InChI is InChI=1S/C27H28N4O2S/c1-2-13-31-27(32)24-12-19-34-26(24)25(28-31)21-8-10-23(11-9-21)33-18-6-17-30-16-5-7-22(30)20-29-14-3-4-15-29/h3-5,7-12,14-16,19H,2,6,13,17-18,20H2,1H3. The van der Waals surface area contributed by atoms with Gasteiger partial charge in [-0.15, -0.1) is 11.3 Å². The zero-order chi connectivity index (χ0) is 23.3. The van der Waals surface area contributed by atoms with Crippen molar-refractivity contribution in [3.05, 3.63) is 94.6 Å². The number of aromatic nitrogens is 4. The van der Waals surface area contributed by atoms with Crippen LogP contribution in [0.5, 0.6) is 5.75 Å². The van der Waals surface area contributed by atoms with Crippen molar-refractivity contribution in [1.82, 2.24) is 18.9 Å². The number of hydrogen-bond acceptors (Lipinski definition) is 4. The first-order valence-electron chi connectivity index (χ1n) is 11.7. The van der Waals surface area contributed by atoms with Gasteiger partial charge < -0.3 is 13.9 Å². The molecule has 0 saturated carbocycles. The van der Waals surface area contributed by atoms with Crippen LogP contribution >= 0.6 is 11.3 Å². The molecule has 0 N–H and O–H groups in total. The Morgan fingerprint density at radius 1 is 0.971 bits per heavy atom. The number of aryl methyl sites for hydroxylation is 2. The summed E-state index contributed by atoms with van der Waals surface area (Å²) < 4.78 is 13.0. The second-order valence-corrected chi connectivity index (χ2v) is 9.23. The molecule has 0 radical (unpaired) electrons. The van der Waals surface area contributed by atoms with Crippen LogP contribution in [0.25, 0.3) is 21.3 Å². The molecule has 174 valence electrons. The fourth-order valence-electron chi connectivity index (χ4n) is 4.17. The van der Waals surface area contributed by atoms with Gasteiger partial charge in [-0.3, -0.25) is 4.79 Å². The molecule has 4 heterocycles. The number of rotatable bonds is 10. The van der Waals surface area contributed by atoms with Gasteiger partial charge in [-0.05, 0) is 72.8 Å². The molecule has 0 atom stereocenters. The normalized spacial score (nSPS) is 11.3. The lowest BCUT2D eigenvalue weighted by molar-refractivity contribution is 0.301. The van der Waals surface area contributed by atoms with E-state index in [1.807, 2.05) is 47.8 Å². The van der Waals surface area contributed by atoms with E-state index < -0.39 is 0 Å². The SMILES string of the molecule is CCCn1nc(-c2ccc(OCCCn3cccc3Cn3cccc3)cc2)c2sccc2c1=O. The molecule has 6 nitrogen and oxygen atoms in total. The van der Waals surface area contributed by atoms with Crippen molar-refractivity contribution in [1.29, 1.82) is 0 Å². The first kappa shape index (κ1) is 22.2. The van der Waals surface area contributed by atoms with Gasteiger partial charge in [-0.2, -0.15) is 5.10 Å². The van der Waals surface area contributed by atoms with Gasteiger partial charge in [0.1, 0.15) is 11.4 Å². The molecule has 0 unspecified atom stereocenters. The van der Waals surface area contributed by atoms with Crippen molar-refractivity contribution in [3.63, 3.8) is 0 Å². The lowest BCUT2D eigenvalue weighted by atomic mass is 10.1. The summed E-state index contributed by atoms with van der Waals surface area (Å²) in [5.74, 6) is 0.841. The van der Waals surface area contributed by atoms with E-state index in [0.29, 0.717) is 13.2 Å².